The van der Waals surface area contributed by atoms with E-state index in [0.29, 0.717) is 10.0 Å². The summed E-state index contributed by atoms with van der Waals surface area (Å²) in [5.41, 5.74) is 1.32. The van der Waals surface area contributed by atoms with Gasteiger partial charge in [-0.2, -0.15) is 0 Å². The van der Waals surface area contributed by atoms with Gasteiger partial charge in [-0.05, 0) is 66.7 Å². The van der Waals surface area contributed by atoms with E-state index in [9.17, 15) is 4.79 Å². The molecule has 3 nitrogen and oxygen atoms in total. The number of carboxylic acid groups (broad SMARTS) is 1. The van der Waals surface area contributed by atoms with Crippen molar-refractivity contribution in [2.45, 2.75) is 32.2 Å². The van der Waals surface area contributed by atoms with E-state index in [1.165, 1.54) is 12.8 Å². The molecule has 1 aliphatic rings. The summed E-state index contributed by atoms with van der Waals surface area (Å²) in [6, 6.07) is 5.27. The lowest BCUT2D eigenvalue weighted by molar-refractivity contribution is 0.0696. The third-order valence-corrected chi connectivity index (χ3v) is 3.92. The fraction of sp³-hybridized carbons (Fsp3) is 0.462. The second-order valence-corrected chi connectivity index (χ2v) is 5.98. The van der Waals surface area contributed by atoms with Gasteiger partial charge < -0.3 is 10.4 Å². The first-order chi connectivity index (χ1) is 7.90. The second kappa shape index (κ2) is 4.33. The summed E-state index contributed by atoms with van der Waals surface area (Å²) in [4.78, 5) is 10.9. The van der Waals surface area contributed by atoms with Crippen molar-refractivity contribution in [1.29, 1.82) is 0 Å². The maximum absolute atomic E-state index is 10.9. The highest BCUT2D eigenvalue weighted by molar-refractivity contribution is 9.10. The molecule has 0 saturated heterocycles. The van der Waals surface area contributed by atoms with Crippen molar-refractivity contribution in [3.63, 3.8) is 0 Å². The first-order valence-corrected chi connectivity index (χ1v) is 6.50. The van der Waals surface area contributed by atoms with Crippen LogP contribution in [-0.2, 0) is 0 Å². The van der Waals surface area contributed by atoms with E-state index in [1.54, 1.807) is 6.07 Å². The van der Waals surface area contributed by atoms with E-state index in [4.69, 9.17) is 5.11 Å². The molecule has 1 aromatic rings. The van der Waals surface area contributed by atoms with Crippen LogP contribution in [0.15, 0.2) is 22.7 Å². The van der Waals surface area contributed by atoms with Crippen LogP contribution < -0.4 is 5.32 Å². The first kappa shape index (κ1) is 12.4. The zero-order valence-electron chi connectivity index (χ0n) is 9.96. The number of hydrogen-bond donors (Lipinski definition) is 2. The van der Waals surface area contributed by atoms with E-state index in [0.717, 1.165) is 11.6 Å². The monoisotopic (exact) mass is 297 g/mol. The molecule has 0 unspecified atom stereocenters. The average molecular weight is 298 g/mol. The molecular formula is C13H16BrNO2. The molecule has 0 amide bonds. The van der Waals surface area contributed by atoms with Gasteiger partial charge in [0.2, 0.25) is 0 Å². The molecule has 0 radical (unpaired) electrons. The molecule has 1 fully saturated rings. The van der Waals surface area contributed by atoms with Gasteiger partial charge >= 0.3 is 5.97 Å². The lowest BCUT2D eigenvalue weighted by Crippen LogP contribution is -2.33. The van der Waals surface area contributed by atoms with E-state index in [1.807, 2.05) is 12.1 Å². The van der Waals surface area contributed by atoms with Gasteiger partial charge in [0.15, 0.2) is 0 Å². The van der Waals surface area contributed by atoms with Crippen molar-refractivity contribution in [2.75, 3.05) is 5.32 Å². The van der Waals surface area contributed by atoms with Crippen molar-refractivity contribution in [1.82, 2.24) is 0 Å². The highest BCUT2D eigenvalue weighted by atomic mass is 79.9. The fourth-order valence-corrected chi connectivity index (χ4v) is 2.59. The Balaban J connectivity index is 2.17. The van der Waals surface area contributed by atoms with Crippen molar-refractivity contribution in [3.05, 3.63) is 28.2 Å². The van der Waals surface area contributed by atoms with Gasteiger partial charge in [-0.1, -0.05) is 0 Å². The van der Waals surface area contributed by atoms with E-state index < -0.39 is 5.97 Å². The molecule has 1 aromatic carbocycles. The molecule has 0 atom stereocenters. The SMILES string of the molecule is CC(C)(Nc1ccc(C(=O)O)c(Br)c1)C1CC1. The fourth-order valence-electron chi connectivity index (χ4n) is 2.05. The van der Waals surface area contributed by atoms with Crippen LogP contribution in [0.5, 0.6) is 0 Å². The molecule has 0 aliphatic heterocycles. The Bertz CT molecular complexity index is 453. The lowest BCUT2D eigenvalue weighted by Gasteiger charge is -2.27. The minimum Gasteiger partial charge on any atom is -0.478 e. The minimum absolute atomic E-state index is 0.0736. The van der Waals surface area contributed by atoms with Gasteiger partial charge in [0.1, 0.15) is 0 Å². The molecule has 0 bridgehead atoms. The zero-order valence-corrected chi connectivity index (χ0v) is 11.5. The highest BCUT2D eigenvalue weighted by Gasteiger charge is 2.37. The predicted molar refractivity (Wildman–Crippen MR) is 71.5 cm³/mol. The Labute approximate surface area is 109 Å². The van der Waals surface area contributed by atoms with Crippen LogP contribution in [0.25, 0.3) is 0 Å². The number of halogens is 1. The second-order valence-electron chi connectivity index (χ2n) is 5.12. The van der Waals surface area contributed by atoms with Crippen LogP contribution in [0.4, 0.5) is 5.69 Å². The summed E-state index contributed by atoms with van der Waals surface area (Å²) in [5, 5.41) is 12.4. The topological polar surface area (TPSA) is 49.3 Å². The van der Waals surface area contributed by atoms with E-state index in [-0.39, 0.29) is 5.54 Å². The van der Waals surface area contributed by atoms with Gasteiger partial charge in [-0.25, -0.2) is 4.79 Å². The molecule has 0 spiro atoms. The summed E-state index contributed by atoms with van der Waals surface area (Å²) >= 11 is 3.29. The number of aromatic carboxylic acids is 1. The normalized spacial score (nSPS) is 15.7. The van der Waals surface area contributed by atoms with Crippen LogP contribution in [0.2, 0.25) is 0 Å². The Morgan fingerprint density at radius 2 is 2.12 bits per heavy atom. The van der Waals surface area contributed by atoms with Crippen molar-refractivity contribution in [2.24, 2.45) is 5.92 Å². The van der Waals surface area contributed by atoms with Crippen LogP contribution in [0.3, 0.4) is 0 Å². The molecular weight excluding hydrogens is 282 g/mol. The predicted octanol–water partition coefficient (Wildman–Crippen LogP) is 3.75. The Morgan fingerprint density at radius 3 is 2.59 bits per heavy atom. The number of carbonyl (C=O) groups is 1. The molecule has 1 aliphatic carbocycles. The third kappa shape index (κ3) is 2.80. The molecule has 2 N–H and O–H groups in total. The first-order valence-electron chi connectivity index (χ1n) is 5.71. The molecule has 4 heteroatoms. The van der Waals surface area contributed by atoms with Gasteiger partial charge in [0.25, 0.3) is 0 Å². The quantitative estimate of drug-likeness (QED) is 0.890. The Hall–Kier alpha value is -1.03. The third-order valence-electron chi connectivity index (χ3n) is 3.26. The van der Waals surface area contributed by atoms with E-state index >= 15 is 0 Å². The lowest BCUT2D eigenvalue weighted by atomic mass is 9.98. The summed E-state index contributed by atoms with van der Waals surface area (Å²) in [6.45, 7) is 4.37. The number of rotatable bonds is 4. The minimum atomic E-state index is -0.912. The summed E-state index contributed by atoms with van der Waals surface area (Å²) < 4.78 is 0.613. The van der Waals surface area contributed by atoms with Gasteiger partial charge in [-0.3, -0.25) is 0 Å². The maximum Gasteiger partial charge on any atom is 0.336 e. The van der Waals surface area contributed by atoms with Crippen LogP contribution >= 0.6 is 15.9 Å². The molecule has 0 aromatic heterocycles. The average Bonchev–Trinajstić information content (AvgIpc) is 2.98. The standard InChI is InChI=1S/C13H16BrNO2/c1-13(2,8-3-4-8)15-9-5-6-10(12(16)17)11(14)7-9/h5-8,15H,3-4H2,1-2H3,(H,16,17). The van der Waals surface area contributed by atoms with E-state index in [2.05, 4.69) is 35.1 Å². The number of benzene rings is 1. The molecule has 2 rings (SSSR count). The zero-order chi connectivity index (χ0) is 12.6. The smallest absolute Gasteiger partial charge is 0.336 e. The molecule has 92 valence electrons. The summed E-state index contributed by atoms with van der Waals surface area (Å²) in [5.74, 6) is -0.190. The van der Waals surface area contributed by atoms with Crippen molar-refractivity contribution >= 4 is 27.6 Å². The molecule has 0 heterocycles. The van der Waals surface area contributed by atoms with Crippen molar-refractivity contribution < 1.29 is 9.90 Å². The number of anilines is 1. The molecule has 1 saturated carbocycles. The number of carboxylic acids is 1. The highest BCUT2D eigenvalue weighted by Crippen LogP contribution is 2.41. The summed E-state index contributed by atoms with van der Waals surface area (Å²) in [6.07, 6.45) is 2.54. The van der Waals surface area contributed by atoms with Crippen LogP contribution in [-0.4, -0.2) is 16.6 Å². The Kier molecular flexibility index (Phi) is 3.17. The van der Waals surface area contributed by atoms with Gasteiger partial charge in [-0.15, -0.1) is 0 Å². The van der Waals surface area contributed by atoms with Crippen LogP contribution in [0.1, 0.15) is 37.0 Å². The maximum atomic E-state index is 10.9. The Morgan fingerprint density at radius 1 is 1.47 bits per heavy atom. The largest absolute Gasteiger partial charge is 0.478 e. The van der Waals surface area contributed by atoms with Gasteiger partial charge in [0.05, 0.1) is 5.56 Å². The van der Waals surface area contributed by atoms with Gasteiger partial charge in [0, 0.05) is 15.7 Å². The van der Waals surface area contributed by atoms with Crippen molar-refractivity contribution in [3.8, 4) is 0 Å². The number of hydrogen-bond acceptors (Lipinski definition) is 2. The number of nitrogens with one attached hydrogen (secondary N) is 1. The van der Waals surface area contributed by atoms with Crippen LogP contribution in [0, 0.1) is 5.92 Å². The summed E-state index contributed by atoms with van der Waals surface area (Å²) in [7, 11) is 0. The molecule has 17 heavy (non-hydrogen) atoms.